The normalized spacial score (nSPS) is 14.0. The van der Waals surface area contributed by atoms with Crippen molar-refractivity contribution in [2.45, 2.75) is 13.5 Å². The largest absolute Gasteiger partial charge is 0.493 e. The Labute approximate surface area is 223 Å². The molecule has 0 fully saturated rings. The van der Waals surface area contributed by atoms with Crippen LogP contribution in [0.15, 0.2) is 69.8 Å². The second-order valence-electron chi connectivity index (χ2n) is 7.54. The number of hydrogen-bond donors (Lipinski definition) is 0. The van der Waals surface area contributed by atoms with Gasteiger partial charge in [0, 0.05) is 21.7 Å². The van der Waals surface area contributed by atoms with Gasteiger partial charge in [0.25, 0.3) is 5.69 Å². The Balaban J connectivity index is 1.58. The Morgan fingerprint density at radius 3 is 2.57 bits per heavy atom. The summed E-state index contributed by atoms with van der Waals surface area (Å²) < 4.78 is 18.6. The van der Waals surface area contributed by atoms with Gasteiger partial charge in [-0.15, -0.1) is 0 Å². The lowest BCUT2D eigenvalue weighted by Gasteiger charge is -2.14. The van der Waals surface area contributed by atoms with Gasteiger partial charge < -0.3 is 14.2 Å². The standard InChI is InChI=1S/C25H18BrIN2O6/c1-14-9-17(5-8-21(14)29(31)32)24-28-20(25(30)35-24)11-16-10-19(27)23(22(12-16)33-2)34-13-15-3-6-18(26)7-4-15/h3-12H,13H2,1-2H3/b20-11-. The molecule has 0 amide bonds. The summed E-state index contributed by atoms with van der Waals surface area (Å²) in [6.45, 7) is 1.99. The zero-order chi connectivity index (χ0) is 25.1. The summed E-state index contributed by atoms with van der Waals surface area (Å²) in [4.78, 5) is 27.3. The van der Waals surface area contributed by atoms with Crippen molar-refractivity contribution in [1.29, 1.82) is 0 Å². The number of nitrogens with zero attached hydrogens (tertiary/aromatic N) is 2. The molecule has 1 heterocycles. The summed E-state index contributed by atoms with van der Waals surface area (Å²) in [5.74, 6) is 0.594. The van der Waals surface area contributed by atoms with Crippen LogP contribution in [-0.4, -0.2) is 23.9 Å². The first kappa shape index (κ1) is 24.9. The van der Waals surface area contributed by atoms with E-state index >= 15 is 0 Å². The molecule has 10 heteroatoms. The highest BCUT2D eigenvalue weighted by molar-refractivity contribution is 14.1. The molecule has 0 saturated heterocycles. The molecule has 1 aliphatic rings. The lowest BCUT2D eigenvalue weighted by molar-refractivity contribution is -0.385. The molecule has 0 aliphatic carbocycles. The average molecular weight is 649 g/mol. The fraction of sp³-hybridized carbons (Fsp3) is 0.120. The van der Waals surface area contributed by atoms with E-state index in [2.05, 4.69) is 43.5 Å². The van der Waals surface area contributed by atoms with Crippen LogP contribution in [0.3, 0.4) is 0 Å². The lowest BCUT2D eigenvalue weighted by Crippen LogP contribution is -2.06. The third kappa shape index (κ3) is 5.70. The molecule has 1 aliphatic heterocycles. The summed E-state index contributed by atoms with van der Waals surface area (Å²) in [7, 11) is 1.55. The smallest absolute Gasteiger partial charge is 0.363 e. The number of cyclic esters (lactones) is 1. The van der Waals surface area contributed by atoms with Crippen molar-refractivity contribution in [3.8, 4) is 11.5 Å². The van der Waals surface area contributed by atoms with Crippen LogP contribution in [0.4, 0.5) is 5.69 Å². The van der Waals surface area contributed by atoms with E-state index in [9.17, 15) is 14.9 Å². The van der Waals surface area contributed by atoms with Crippen LogP contribution in [0.1, 0.15) is 22.3 Å². The Bertz CT molecular complexity index is 1390. The van der Waals surface area contributed by atoms with Crippen LogP contribution in [-0.2, 0) is 16.1 Å². The van der Waals surface area contributed by atoms with Gasteiger partial charge in [0.15, 0.2) is 17.2 Å². The Hall–Kier alpha value is -3.25. The molecule has 0 radical (unpaired) electrons. The second-order valence-corrected chi connectivity index (χ2v) is 9.62. The van der Waals surface area contributed by atoms with Crippen molar-refractivity contribution in [2.75, 3.05) is 7.11 Å². The highest BCUT2D eigenvalue weighted by Gasteiger charge is 2.25. The first-order valence-corrected chi connectivity index (χ1v) is 12.1. The summed E-state index contributed by atoms with van der Waals surface area (Å²) >= 11 is 5.57. The van der Waals surface area contributed by atoms with E-state index in [0.29, 0.717) is 34.8 Å². The molecule has 8 nitrogen and oxygen atoms in total. The molecule has 4 rings (SSSR count). The van der Waals surface area contributed by atoms with Gasteiger partial charge in [0.05, 0.1) is 15.6 Å². The lowest BCUT2D eigenvalue weighted by atomic mass is 10.1. The molecule has 178 valence electrons. The molecule has 0 atom stereocenters. The van der Waals surface area contributed by atoms with Crippen LogP contribution >= 0.6 is 38.5 Å². The van der Waals surface area contributed by atoms with Gasteiger partial charge in [-0.25, -0.2) is 9.79 Å². The molecule has 0 unspecified atom stereocenters. The minimum absolute atomic E-state index is 0.0152. The van der Waals surface area contributed by atoms with Crippen molar-refractivity contribution in [3.63, 3.8) is 0 Å². The first-order valence-electron chi connectivity index (χ1n) is 10.3. The van der Waals surface area contributed by atoms with Gasteiger partial charge >= 0.3 is 5.97 Å². The van der Waals surface area contributed by atoms with Gasteiger partial charge in [-0.1, -0.05) is 28.1 Å². The van der Waals surface area contributed by atoms with Crippen molar-refractivity contribution < 1.29 is 23.9 Å². The van der Waals surface area contributed by atoms with E-state index in [0.717, 1.165) is 13.6 Å². The first-order chi connectivity index (χ1) is 16.7. The number of methoxy groups -OCH3 is 1. The molecule has 0 spiro atoms. The summed E-state index contributed by atoms with van der Waals surface area (Å²) in [6, 6.07) is 15.9. The molecule has 0 aromatic heterocycles. The van der Waals surface area contributed by atoms with Crippen LogP contribution in [0.25, 0.3) is 6.08 Å². The summed E-state index contributed by atoms with van der Waals surface area (Å²) in [5, 5.41) is 11.1. The van der Waals surface area contributed by atoms with E-state index in [1.807, 2.05) is 30.3 Å². The second kappa shape index (κ2) is 10.6. The number of aryl methyl sites for hydroxylation is 1. The molecule has 0 bridgehead atoms. The highest BCUT2D eigenvalue weighted by atomic mass is 127. The highest BCUT2D eigenvalue weighted by Crippen LogP contribution is 2.36. The topological polar surface area (TPSA) is 100 Å². The molecule has 0 N–H and O–H groups in total. The Kier molecular flexibility index (Phi) is 7.51. The predicted octanol–water partition coefficient (Wildman–Crippen LogP) is 6.20. The van der Waals surface area contributed by atoms with Crippen LogP contribution in [0.2, 0.25) is 0 Å². The van der Waals surface area contributed by atoms with E-state index in [-0.39, 0.29) is 17.3 Å². The third-order valence-corrected chi connectivity index (χ3v) is 6.44. The number of carbonyl (C=O) groups excluding carboxylic acids is 1. The number of halogens is 2. The van der Waals surface area contributed by atoms with Crippen LogP contribution < -0.4 is 9.47 Å². The zero-order valence-electron chi connectivity index (χ0n) is 18.6. The minimum atomic E-state index is -0.611. The van der Waals surface area contributed by atoms with Crippen molar-refractivity contribution in [2.24, 2.45) is 4.99 Å². The molecule has 3 aromatic rings. The number of benzene rings is 3. The van der Waals surface area contributed by atoms with Gasteiger partial charge in [-0.3, -0.25) is 10.1 Å². The molecular formula is C25H18BrIN2O6. The number of hydrogen-bond acceptors (Lipinski definition) is 7. The molecular weight excluding hydrogens is 631 g/mol. The number of rotatable bonds is 7. The number of aliphatic imine (C=N–C) groups is 1. The van der Waals surface area contributed by atoms with Crippen molar-refractivity contribution in [1.82, 2.24) is 0 Å². The average Bonchev–Trinajstić information content (AvgIpc) is 3.18. The quantitative estimate of drug-likeness (QED) is 0.0994. The zero-order valence-corrected chi connectivity index (χ0v) is 22.3. The number of esters is 1. The van der Waals surface area contributed by atoms with E-state index in [1.54, 1.807) is 32.2 Å². The number of carbonyl (C=O) groups is 1. The third-order valence-electron chi connectivity index (χ3n) is 5.11. The monoisotopic (exact) mass is 648 g/mol. The minimum Gasteiger partial charge on any atom is -0.493 e. The molecule has 35 heavy (non-hydrogen) atoms. The number of ether oxygens (including phenoxy) is 3. The fourth-order valence-corrected chi connectivity index (χ4v) is 4.43. The number of nitro benzene ring substituents is 1. The Morgan fingerprint density at radius 2 is 1.91 bits per heavy atom. The summed E-state index contributed by atoms with van der Waals surface area (Å²) in [5.41, 5.74) is 2.71. The summed E-state index contributed by atoms with van der Waals surface area (Å²) in [6.07, 6.45) is 1.59. The number of nitro groups is 1. The SMILES string of the molecule is COc1cc(/C=C2\N=C(c3ccc([N+](=O)[O-])c(C)c3)OC2=O)cc(I)c1OCc1ccc(Br)cc1. The maximum atomic E-state index is 12.4. The van der Waals surface area contributed by atoms with Crippen LogP contribution in [0, 0.1) is 20.6 Å². The van der Waals surface area contributed by atoms with E-state index in [4.69, 9.17) is 14.2 Å². The van der Waals surface area contributed by atoms with Crippen LogP contribution in [0.5, 0.6) is 11.5 Å². The van der Waals surface area contributed by atoms with E-state index < -0.39 is 10.9 Å². The van der Waals surface area contributed by atoms with E-state index in [1.165, 1.54) is 12.1 Å². The molecule has 3 aromatic carbocycles. The van der Waals surface area contributed by atoms with Gasteiger partial charge in [-0.05, 0) is 83.1 Å². The molecule has 0 saturated carbocycles. The fourth-order valence-electron chi connectivity index (χ4n) is 3.38. The van der Waals surface area contributed by atoms with Gasteiger partial charge in [0.1, 0.15) is 6.61 Å². The predicted molar refractivity (Wildman–Crippen MR) is 143 cm³/mol. The van der Waals surface area contributed by atoms with Gasteiger partial charge in [-0.2, -0.15) is 0 Å². The van der Waals surface area contributed by atoms with Gasteiger partial charge in [0.2, 0.25) is 5.90 Å². The maximum absolute atomic E-state index is 12.4. The van der Waals surface area contributed by atoms with Crippen molar-refractivity contribution >= 4 is 62.2 Å². The Morgan fingerprint density at radius 1 is 1.17 bits per heavy atom. The maximum Gasteiger partial charge on any atom is 0.363 e. The van der Waals surface area contributed by atoms with Crippen molar-refractivity contribution in [3.05, 3.63) is 101 Å².